The number of benzene rings is 1. The maximum atomic E-state index is 12.8. The average molecular weight is 419 g/mol. The van der Waals surface area contributed by atoms with Crippen LogP contribution in [0, 0.1) is 0 Å². The fraction of sp³-hybridized carbons (Fsp3) is 0.550. The van der Waals surface area contributed by atoms with Crippen molar-refractivity contribution in [2.75, 3.05) is 45.1 Å². The lowest BCUT2D eigenvalue weighted by Gasteiger charge is -2.34. The third-order valence-electron chi connectivity index (χ3n) is 5.61. The van der Waals surface area contributed by atoms with Crippen molar-refractivity contribution in [3.63, 3.8) is 0 Å². The lowest BCUT2D eigenvalue weighted by Crippen LogP contribution is -2.47. The molecule has 3 amide bonds. The second kappa shape index (κ2) is 8.62. The van der Waals surface area contributed by atoms with Gasteiger partial charge < -0.3 is 19.9 Å². The molecule has 0 radical (unpaired) electrons. The Labute approximate surface area is 174 Å². The molecule has 1 atom stereocenters. The summed E-state index contributed by atoms with van der Waals surface area (Å²) in [4.78, 5) is 41.7. The number of nitrogens with one attached hydrogen (secondary N) is 1. The van der Waals surface area contributed by atoms with Gasteiger partial charge in [0.05, 0.1) is 6.54 Å². The summed E-state index contributed by atoms with van der Waals surface area (Å²) in [6.45, 7) is 7.09. The number of carbonyl (C=O) groups excluding carboxylic acids is 3. The highest BCUT2D eigenvalue weighted by Crippen LogP contribution is 2.26. The summed E-state index contributed by atoms with van der Waals surface area (Å²) in [5, 5.41) is 2.59. The van der Waals surface area contributed by atoms with Gasteiger partial charge >= 0.3 is 0 Å². The molecule has 0 saturated carbocycles. The SMILES string of the molecule is CC(=O)N1CCN(Cc2ccc3c(c2)CN(C(=O)[C@@H]2CSC(=O)N2)CCO3)CC1. The molecule has 3 aliphatic heterocycles. The molecule has 4 rings (SSSR count). The van der Waals surface area contributed by atoms with E-state index in [1.807, 2.05) is 11.0 Å². The van der Waals surface area contributed by atoms with Gasteiger partial charge in [-0.15, -0.1) is 0 Å². The number of ether oxygens (including phenoxy) is 1. The standard InChI is InChI=1S/C20H26N4O4S/c1-14(25)23-6-4-22(5-7-23)11-15-2-3-18-16(10-15)12-24(8-9-28-18)19(26)17-13-29-20(27)21-17/h2-3,10,17H,4-9,11-13H2,1H3,(H,21,27)/t17-/m0/s1. The maximum absolute atomic E-state index is 12.8. The Balaban J connectivity index is 1.41. The van der Waals surface area contributed by atoms with Crippen LogP contribution in [0.5, 0.6) is 5.75 Å². The molecule has 3 aliphatic rings. The normalized spacial score (nSPS) is 22.5. The second-order valence-corrected chi connectivity index (χ2v) is 8.62. The molecule has 2 saturated heterocycles. The van der Waals surface area contributed by atoms with Crippen molar-refractivity contribution < 1.29 is 19.1 Å². The first-order valence-electron chi connectivity index (χ1n) is 9.94. The van der Waals surface area contributed by atoms with Gasteiger partial charge in [0.2, 0.25) is 11.8 Å². The smallest absolute Gasteiger partial charge is 0.279 e. The minimum Gasteiger partial charge on any atom is -0.491 e. The lowest BCUT2D eigenvalue weighted by molar-refractivity contribution is -0.133. The molecule has 1 aromatic rings. The Morgan fingerprint density at radius 3 is 2.66 bits per heavy atom. The van der Waals surface area contributed by atoms with E-state index in [9.17, 15) is 14.4 Å². The predicted molar refractivity (Wildman–Crippen MR) is 110 cm³/mol. The van der Waals surface area contributed by atoms with Crippen LogP contribution in [0.1, 0.15) is 18.1 Å². The largest absolute Gasteiger partial charge is 0.491 e. The van der Waals surface area contributed by atoms with Crippen LogP contribution in [0.15, 0.2) is 18.2 Å². The number of hydrogen-bond donors (Lipinski definition) is 1. The zero-order chi connectivity index (χ0) is 20.4. The molecule has 0 unspecified atom stereocenters. The summed E-state index contributed by atoms with van der Waals surface area (Å²) in [6, 6.07) is 5.72. The van der Waals surface area contributed by atoms with E-state index in [2.05, 4.69) is 22.3 Å². The summed E-state index contributed by atoms with van der Waals surface area (Å²) in [7, 11) is 0. The molecule has 0 aliphatic carbocycles. The molecular formula is C20H26N4O4S. The Hall–Kier alpha value is -2.26. The second-order valence-electron chi connectivity index (χ2n) is 7.63. The molecule has 2 fully saturated rings. The number of amides is 3. The highest BCUT2D eigenvalue weighted by Gasteiger charge is 2.32. The number of piperazine rings is 1. The van der Waals surface area contributed by atoms with Crippen LogP contribution in [0.2, 0.25) is 0 Å². The van der Waals surface area contributed by atoms with E-state index in [-0.39, 0.29) is 17.1 Å². The Morgan fingerprint density at radius 1 is 1.17 bits per heavy atom. The van der Waals surface area contributed by atoms with Crippen molar-refractivity contribution in [1.82, 2.24) is 20.0 Å². The Kier molecular flexibility index (Phi) is 5.96. The van der Waals surface area contributed by atoms with E-state index in [1.54, 1.807) is 11.8 Å². The molecule has 3 heterocycles. The van der Waals surface area contributed by atoms with Crippen molar-refractivity contribution >= 4 is 28.8 Å². The fourth-order valence-corrected chi connectivity index (χ4v) is 4.72. The average Bonchev–Trinajstić information content (AvgIpc) is 3.03. The molecule has 1 aromatic carbocycles. The van der Waals surface area contributed by atoms with E-state index in [0.29, 0.717) is 25.4 Å². The van der Waals surface area contributed by atoms with Gasteiger partial charge in [-0.1, -0.05) is 17.8 Å². The molecule has 156 valence electrons. The quantitative estimate of drug-likeness (QED) is 0.785. The lowest BCUT2D eigenvalue weighted by atomic mass is 10.1. The summed E-state index contributed by atoms with van der Waals surface area (Å²) in [6.07, 6.45) is 0. The summed E-state index contributed by atoms with van der Waals surface area (Å²) in [5.41, 5.74) is 2.16. The third kappa shape index (κ3) is 4.67. The van der Waals surface area contributed by atoms with Gasteiger partial charge in [0.15, 0.2) is 0 Å². The first kappa shape index (κ1) is 20.0. The van der Waals surface area contributed by atoms with Crippen LogP contribution in [0.3, 0.4) is 0 Å². The number of hydrogen-bond acceptors (Lipinski definition) is 6. The highest BCUT2D eigenvalue weighted by molar-refractivity contribution is 8.14. The van der Waals surface area contributed by atoms with Crippen molar-refractivity contribution in [1.29, 1.82) is 0 Å². The molecule has 0 spiro atoms. The van der Waals surface area contributed by atoms with Gasteiger partial charge in [-0.25, -0.2) is 0 Å². The number of carbonyl (C=O) groups is 3. The minimum absolute atomic E-state index is 0.0504. The van der Waals surface area contributed by atoms with E-state index >= 15 is 0 Å². The van der Waals surface area contributed by atoms with Gasteiger partial charge in [0.25, 0.3) is 5.24 Å². The predicted octanol–water partition coefficient (Wildman–Crippen LogP) is 0.897. The van der Waals surface area contributed by atoms with Crippen molar-refractivity contribution in [2.45, 2.75) is 26.1 Å². The van der Waals surface area contributed by atoms with Crippen molar-refractivity contribution in [3.8, 4) is 5.75 Å². The van der Waals surface area contributed by atoms with E-state index in [4.69, 9.17) is 4.74 Å². The Morgan fingerprint density at radius 2 is 1.97 bits per heavy atom. The van der Waals surface area contributed by atoms with Gasteiger partial charge in [0, 0.05) is 57.5 Å². The molecule has 0 aromatic heterocycles. The van der Waals surface area contributed by atoms with Gasteiger partial charge in [-0.3, -0.25) is 19.3 Å². The van der Waals surface area contributed by atoms with Crippen LogP contribution < -0.4 is 10.1 Å². The topological polar surface area (TPSA) is 82.2 Å². The maximum Gasteiger partial charge on any atom is 0.279 e. The molecular weight excluding hydrogens is 392 g/mol. The number of rotatable bonds is 3. The third-order valence-corrected chi connectivity index (χ3v) is 6.49. The van der Waals surface area contributed by atoms with Gasteiger partial charge in [-0.05, 0) is 17.7 Å². The molecule has 1 N–H and O–H groups in total. The number of nitrogens with zero attached hydrogens (tertiary/aromatic N) is 3. The van der Waals surface area contributed by atoms with Crippen LogP contribution >= 0.6 is 11.8 Å². The van der Waals surface area contributed by atoms with E-state index in [1.165, 1.54) is 5.56 Å². The first-order valence-corrected chi connectivity index (χ1v) is 10.9. The fourth-order valence-electron chi connectivity index (χ4n) is 3.95. The van der Waals surface area contributed by atoms with E-state index in [0.717, 1.165) is 55.8 Å². The van der Waals surface area contributed by atoms with E-state index < -0.39 is 6.04 Å². The van der Waals surface area contributed by atoms with Crippen LogP contribution in [-0.2, 0) is 22.7 Å². The summed E-state index contributed by atoms with van der Waals surface area (Å²) < 4.78 is 5.85. The number of thioether (sulfide) groups is 1. The van der Waals surface area contributed by atoms with Gasteiger partial charge in [0.1, 0.15) is 18.4 Å². The van der Waals surface area contributed by atoms with Crippen molar-refractivity contribution in [3.05, 3.63) is 29.3 Å². The number of fused-ring (bicyclic) bond motifs is 1. The Bertz CT molecular complexity index is 810. The summed E-state index contributed by atoms with van der Waals surface area (Å²) >= 11 is 1.15. The monoisotopic (exact) mass is 418 g/mol. The van der Waals surface area contributed by atoms with Crippen LogP contribution in [0.25, 0.3) is 0 Å². The molecule has 0 bridgehead atoms. The highest BCUT2D eigenvalue weighted by atomic mass is 32.2. The van der Waals surface area contributed by atoms with Crippen LogP contribution in [-0.4, -0.2) is 82.9 Å². The van der Waals surface area contributed by atoms with Crippen LogP contribution in [0.4, 0.5) is 4.79 Å². The first-order chi connectivity index (χ1) is 14.0. The summed E-state index contributed by atoms with van der Waals surface area (Å²) in [5.74, 6) is 1.38. The minimum atomic E-state index is -0.449. The molecule has 29 heavy (non-hydrogen) atoms. The van der Waals surface area contributed by atoms with Gasteiger partial charge in [-0.2, -0.15) is 0 Å². The molecule has 8 nitrogen and oxygen atoms in total. The molecule has 9 heteroatoms. The zero-order valence-corrected chi connectivity index (χ0v) is 17.4. The zero-order valence-electron chi connectivity index (χ0n) is 16.6. The van der Waals surface area contributed by atoms with Crippen molar-refractivity contribution in [2.24, 2.45) is 0 Å².